The Hall–Kier alpha value is -3.41. The van der Waals surface area contributed by atoms with E-state index in [0.29, 0.717) is 23.8 Å². The molecule has 4 aromatic rings. The molecule has 35 heavy (non-hydrogen) atoms. The van der Waals surface area contributed by atoms with Crippen LogP contribution >= 0.6 is 0 Å². The summed E-state index contributed by atoms with van der Waals surface area (Å²) in [5.41, 5.74) is 4.52. The van der Waals surface area contributed by atoms with Crippen molar-refractivity contribution >= 4 is 10.8 Å². The Kier molecular flexibility index (Phi) is 7.69. The number of pyridine rings is 1. The van der Waals surface area contributed by atoms with Crippen LogP contribution < -0.4 is 4.74 Å². The number of unbranched alkanes of at least 4 members (excludes halogenated alkanes) is 1. The monoisotopic (exact) mass is 481 g/mol. The molecule has 3 aromatic carbocycles. The van der Waals surface area contributed by atoms with Crippen molar-refractivity contribution in [3.05, 3.63) is 95.4 Å². The van der Waals surface area contributed by atoms with Gasteiger partial charge in [-0.1, -0.05) is 55.8 Å². The molecular weight excluding hydrogens is 454 g/mol. The smallest absolute Gasteiger partial charge is 0.422 e. The van der Waals surface area contributed by atoms with Crippen LogP contribution in [0.3, 0.4) is 0 Å². The van der Waals surface area contributed by atoms with Gasteiger partial charge in [0, 0.05) is 17.1 Å². The number of ether oxygens (including phenoxy) is 1. The van der Waals surface area contributed by atoms with E-state index in [-0.39, 0.29) is 11.6 Å². The van der Waals surface area contributed by atoms with Gasteiger partial charge in [0.2, 0.25) is 0 Å². The quantitative estimate of drug-likeness (QED) is 0.225. The lowest BCUT2D eigenvalue weighted by Gasteiger charge is -2.11. The fourth-order valence-electron chi connectivity index (χ4n) is 4.01. The maximum absolute atomic E-state index is 15.2. The van der Waals surface area contributed by atoms with E-state index >= 15 is 4.39 Å². The standard InChI is InChI=1S/C29H27F4NO/c1-2-3-4-21-8-16-27(34-18-21)24-12-15-26-23(17-24)11-10-22(28(26)30)9-5-20-6-13-25(14-7-20)35-19-29(31,32)33/h6-8,10-18H,2-5,9,19H2,1H3. The van der Waals surface area contributed by atoms with Gasteiger partial charge in [0.25, 0.3) is 0 Å². The number of rotatable bonds is 9. The molecule has 4 rings (SSSR count). The van der Waals surface area contributed by atoms with Crippen molar-refractivity contribution in [3.63, 3.8) is 0 Å². The highest BCUT2D eigenvalue weighted by molar-refractivity contribution is 5.88. The number of hydrogen-bond acceptors (Lipinski definition) is 2. The maximum Gasteiger partial charge on any atom is 0.422 e. The van der Waals surface area contributed by atoms with Crippen molar-refractivity contribution in [3.8, 4) is 17.0 Å². The van der Waals surface area contributed by atoms with Crippen LogP contribution in [0.5, 0.6) is 5.75 Å². The summed E-state index contributed by atoms with van der Waals surface area (Å²) >= 11 is 0. The second-order valence-corrected chi connectivity index (χ2v) is 8.68. The number of aromatic nitrogens is 1. The van der Waals surface area contributed by atoms with Crippen LogP contribution in [0.25, 0.3) is 22.0 Å². The molecule has 0 saturated carbocycles. The molecule has 0 aliphatic rings. The lowest BCUT2D eigenvalue weighted by molar-refractivity contribution is -0.153. The van der Waals surface area contributed by atoms with E-state index in [2.05, 4.69) is 18.0 Å². The van der Waals surface area contributed by atoms with Crippen LogP contribution in [0.2, 0.25) is 0 Å². The zero-order valence-electron chi connectivity index (χ0n) is 19.5. The van der Waals surface area contributed by atoms with Crippen molar-refractivity contribution in [2.45, 2.75) is 45.2 Å². The number of nitrogens with zero attached hydrogens (tertiary/aromatic N) is 1. The summed E-state index contributed by atoms with van der Waals surface area (Å²) < 4.78 is 56.8. The molecule has 0 aliphatic carbocycles. The average molecular weight is 482 g/mol. The Balaban J connectivity index is 1.43. The molecule has 0 atom stereocenters. The largest absolute Gasteiger partial charge is 0.484 e. The second kappa shape index (κ2) is 10.9. The van der Waals surface area contributed by atoms with E-state index in [1.54, 1.807) is 24.3 Å². The van der Waals surface area contributed by atoms with Gasteiger partial charge in [-0.2, -0.15) is 13.2 Å². The van der Waals surface area contributed by atoms with Crippen molar-refractivity contribution in [2.24, 2.45) is 0 Å². The highest BCUT2D eigenvalue weighted by atomic mass is 19.4. The molecule has 182 valence electrons. The Morgan fingerprint density at radius 3 is 2.29 bits per heavy atom. The van der Waals surface area contributed by atoms with Crippen molar-refractivity contribution in [1.29, 1.82) is 0 Å². The highest BCUT2D eigenvalue weighted by Crippen LogP contribution is 2.28. The third-order valence-electron chi connectivity index (χ3n) is 5.98. The van der Waals surface area contributed by atoms with E-state index in [1.165, 1.54) is 17.7 Å². The molecule has 1 heterocycles. The first-order chi connectivity index (χ1) is 16.8. The normalized spacial score (nSPS) is 11.7. The predicted octanol–water partition coefficient (Wildman–Crippen LogP) is 8.11. The van der Waals surface area contributed by atoms with Crippen LogP contribution in [0.15, 0.2) is 72.9 Å². The average Bonchev–Trinajstić information content (AvgIpc) is 2.86. The predicted molar refractivity (Wildman–Crippen MR) is 131 cm³/mol. The fourth-order valence-corrected chi connectivity index (χ4v) is 4.01. The zero-order chi connectivity index (χ0) is 24.8. The van der Waals surface area contributed by atoms with Gasteiger partial charge >= 0.3 is 6.18 Å². The van der Waals surface area contributed by atoms with Gasteiger partial charge in [-0.05, 0) is 72.0 Å². The first kappa shape index (κ1) is 24.7. The first-order valence-electron chi connectivity index (χ1n) is 11.8. The number of benzene rings is 3. The minimum Gasteiger partial charge on any atom is -0.484 e. The second-order valence-electron chi connectivity index (χ2n) is 8.68. The third-order valence-corrected chi connectivity index (χ3v) is 5.98. The van der Waals surface area contributed by atoms with Gasteiger partial charge in [-0.25, -0.2) is 4.39 Å². The third kappa shape index (κ3) is 6.59. The van der Waals surface area contributed by atoms with Crippen LogP contribution in [0, 0.1) is 5.82 Å². The van der Waals surface area contributed by atoms with Crippen molar-refractivity contribution < 1.29 is 22.3 Å². The van der Waals surface area contributed by atoms with Crippen molar-refractivity contribution in [2.75, 3.05) is 6.61 Å². The first-order valence-corrected chi connectivity index (χ1v) is 11.8. The highest BCUT2D eigenvalue weighted by Gasteiger charge is 2.28. The van der Waals surface area contributed by atoms with E-state index in [4.69, 9.17) is 4.74 Å². The summed E-state index contributed by atoms with van der Waals surface area (Å²) in [7, 11) is 0. The van der Waals surface area contributed by atoms with Crippen molar-refractivity contribution in [1.82, 2.24) is 4.98 Å². The van der Waals surface area contributed by atoms with E-state index in [0.717, 1.165) is 41.5 Å². The lowest BCUT2D eigenvalue weighted by atomic mass is 9.98. The SMILES string of the molecule is CCCCc1ccc(-c2ccc3c(F)c(CCc4ccc(OCC(F)(F)F)cc4)ccc3c2)nc1. The minimum atomic E-state index is -4.37. The number of hydrogen-bond donors (Lipinski definition) is 0. The number of halogens is 4. The Morgan fingerprint density at radius 2 is 1.60 bits per heavy atom. The Bertz CT molecular complexity index is 1270. The molecule has 0 bridgehead atoms. The lowest BCUT2D eigenvalue weighted by Crippen LogP contribution is -2.19. The van der Waals surface area contributed by atoms with E-state index in [9.17, 15) is 13.2 Å². The topological polar surface area (TPSA) is 22.1 Å². The summed E-state index contributed by atoms with van der Waals surface area (Å²) in [5.74, 6) is -0.0918. The van der Waals surface area contributed by atoms with Crippen LogP contribution in [-0.4, -0.2) is 17.8 Å². The number of alkyl halides is 3. The van der Waals surface area contributed by atoms with Crippen LogP contribution in [0.4, 0.5) is 17.6 Å². The minimum absolute atomic E-state index is 0.156. The number of fused-ring (bicyclic) bond motifs is 1. The maximum atomic E-state index is 15.2. The molecule has 0 amide bonds. The molecule has 0 spiro atoms. The summed E-state index contributed by atoms with van der Waals surface area (Å²) in [4.78, 5) is 4.58. The van der Waals surface area contributed by atoms with Crippen LogP contribution in [0.1, 0.15) is 36.5 Å². The molecule has 1 aromatic heterocycles. The van der Waals surface area contributed by atoms with Gasteiger partial charge in [0.1, 0.15) is 11.6 Å². The molecule has 0 radical (unpaired) electrons. The summed E-state index contributed by atoms with van der Waals surface area (Å²) in [6.07, 6.45) is 1.88. The molecule has 0 saturated heterocycles. The van der Waals surface area contributed by atoms with Gasteiger partial charge < -0.3 is 4.74 Å². The van der Waals surface area contributed by atoms with E-state index < -0.39 is 12.8 Å². The Morgan fingerprint density at radius 1 is 0.829 bits per heavy atom. The van der Waals surface area contributed by atoms with E-state index in [1.807, 2.05) is 30.5 Å². The summed E-state index contributed by atoms with van der Waals surface area (Å²) in [6.45, 7) is 0.843. The summed E-state index contributed by atoms with van der Waals surface area (Å²) in [6, 6.07) is 19.9. The van der Waals surface area contributed by atoms with Gasteiger partial charge in [0.15, 0.2) is 6.61 Å². The number of aryl methyl sites for hydroxylation is 3. The molecule has 2 nitrogen and oxygen atoms in total. The molecular formula is C29H27F4NO. The molecule has 0 unspecified atom stereocenters. The molecule has 0 fully saturated rings. The summed E-state index contributed by atoms with van der Waals surface area (Å²) in [5, 5.41) is 1.37. The van der Waals surface area contributed by atoms with Gasteiger partial charge in [-0.3, -0.25) is 4.98 Å². The van der Waals surface area contributed by atoms with Crippen LogP contribution in [-0.2, 0) is 19.3 Å². The molecule has 0 aliphatic heterocycles. The zero-order valence-corrected chi connectivity index (χ0v) is 19.5. The van der Waals surface area contributed by atoms with Gasteiger partial charge in [0.05, 0.1) is 5.69 Å². The Labute approximate surface area is 202 Å². The fraction of sp³-hybridized carbons (Fsp3) is 0.276. The van der Waals surface area contributed by atoms with Gasteiger partial charge in [-0.15, -0.1) is 0 Å². The molecule has 6 heteroatoms. The molecule has 0 N–H and O–H groups in total.